The van der Waals surface area contributed by atoms with Crippen molar-refractivity contribution in [3.63, 3.8) is 0 Å². The molecule has 4 rings (SSSR count). The normalized spacial score (nSPS) is 30.3. The molecule has 2 aliphatic carbocycles. The van der Waals surface area contributed by atoms with Crippen molar-refractivity contribution in [1.82, 2.24) is 0 Å². The summed E-state index contributed by atoms with van der Waals surface area (Å²) in [5, 5.41) is 43.5. The molecule has 0 heterocycles. The lowest BCUT2D eigenvalue weighted by molar-refractivity contribution is -0.245. The number of halogens is 2. The molecule has 0 aliphatic heterocycles. The van der Waals surface area contributed by atoms with E-state index >= 15 is 8.78 Å². The minimum Gasteiger partial charge on any atom is -0.399 e. The van der Waals surface area contributed by atoms with Gasteiger partial charge in [-0.25, -0.2) is 8.78 Å². The number of rotatable bonds is 11. The molecule has 0 spiro atoms. The zero-order valence-electron chi connectivity index (χ0n) is 26.1. The van der Waals surface area contributed by atoms with Crippen LogP contribution in [0.2, 0.25) is 0 Å². The van der Waals surface area contributed by atoms with Gasteiger partial charge >= 0.3 is 0 Å². The zero-order chi connectivity index (χ0) is 32.8. The van der Waals surface area contributed by atoms with Gasteiger partial charge in [-0.2, -0.15) is 0 Å². The molecule has 246 valence electrons. The smallest absolute Gasteiger partial charge is 0.181 e. The average Bonchev–Trinajstić information content (AvgIpc) is 3.00. The summed E-state index contributed by atoms with van der Waals surface area (Å²) in [6.07, 6.45) is -0.776. The van der Waals surface area contributed by atoms with E-state index in [1.54, 1.807) is 12.1 Å². The number of carbonyl (C=O) groups is 1. The van der Waals surface area contributed by atoms with Crippen molar-refractivity contribution in [2.75, 3.05) is 12.3 Å². The molecule has 0 saturated heterocycles. The highest BCUT2D eigenvalue weighted by molar-refractivity contribution is 5.99. The second-order valence-corrected chi connectivity index (χ2v) is 12.8. The van der Waals surface area contributed by atoms with E-state index < -0.39 is 60.2 Å². The Hall–Kier alpha value is -2.95. The Labute approximate surface area is 264 Å². The molecule has 0 radical (unpaired) electrons. The Kier molecular flexibility index (Phi) is 11.7. The number of fused-ring (bicyclic) bond motifs is 1. The summed E-state index contributed by atoms with van der Waals surface area (Å²) in [5.74, 6) is -1.98. The van der Waals surface area contributed by atoms with Crippen LogP contribution in [0.4, 0.5) is 14.5 Å². The molecule has 5 unspecified atom stereocenters. The molecule has 8 atom stereocenters. The minimum atomic E-state index is -2.22. The Balaban J connectivity index is 1.61. The third-order valence-corrected chi connectivity index (χ3v) is 9.62. The Morgan fingerprint density at radius 1 is 1.13 bits per heavy atom. The lowest BCUT2D eigenvalue weighted by Crippen LogP contribution is -2.56. The van der Waals surface area contributed by atoms with E-state index in [0.717, 1.165) is 11.1 Å². The van der Waals surface area contributed by atoms with E-state index in [2.05, 4.69) is 0 Å². The van der Waals surface area contributed by atoms with E-state index in [-0.39, 0.29) is 37.7 Å². The predicted molar refractivity (Wildman–Crippen MR) is 170 cm³/mol. The van der Waals surface area contributed by atoms with Crippen LogP contribution in [0.3, 0.4) is 0 Å². The van der Waals surface area contributed by atoms with Crippen LogP contribution < -0.4 is 5.73 Å². The van der Waals surface area contributed by atoms with E-state index in [9.17, 15) is 25.2 Å². The van der Waals surface area contributed by atoms with E-state index in [4.69, 9.17) is 10.5 Å². The number of aliphatic hydroxyl groups excluding tert-OH is 4. The van der Waals surface area contributed by atoms with Gasteiger partial charge in [0.25, 0.3) is 0 Å². The molecule has 2 aromatic rings. The summed E-state index contributed by atoms with van der Waals surface area (Å²) in [6, 6.07) is 14.8. The second kappa shape index (κ2) is 15.1. The maximum Gasteiger partial charge on any atom is 0.181 e. The SMILES string of the molecule is CCCC(C[C@@H]1CCC(O)[C@]2(F)C/C=C\C(=O)/C=C(\C)[C@@H](F)CC12)(OC(O)c1ccc(Cc2cccc(N)c2)cc1)C(O)CO. The van der Waals surface area contributed by atoms with Gasteiger partial charge in [0, 0.05) is 23.6 Å². The van der Waals surface area contributed by atoms with Crippen LogP contribution in [0.15, 0.2) is 72.3 Å². The number of nitrogens with two attached hydrogens (primary N) is 1. The number of aliphatic hydroxyl groups is 4. The fraction of sp³-hybridized carbons (Fsp3) is 0.528. The molecule has 1 fully saturated rings. The fourth-order valence-corrected chi connectivity index (χ4v) is 7.15. The van der Waals surface area contributed by atoms with Gasteiger partial charge in [0.05, 0.1) is 12.7 Å². The number of alkyl halides is 2. The van der Waals surface area contributed by atoms with Gasteiger partial charge in [0.2, 0.25) is 0 Å². The number of ketones is 1. The van der Waals surface area contributed by atoms with Gasteiger partial charge in [0.15, 0.2) is 12.1 Å². The fourth-order valence-electron chi connectivity index (χ4n) is 7.15. The number of allylic oxidation sites excluding steroid dienone is 4. The summed E-state index contributed by atoms with van der Waals surface area (Å²) in [5.41, 5.74) is 5.50. The molecule has 9 heteroatoms. The van der Waals surface area contributed by atoms with Crippen LogP contribution >= 0.6 is 0 Å². The number of hydrogen-bond donors (Lipinski definition) is 5. The molecule has 7 nitrogen and oxygen atoms in total. The monoisotopic (exact) mass is 627 g/mol. The average molecular weight is 628 g/mol. The summed E-state index contributed by atoms with van der Waals surface area (Å²) in [4.78, 5) is 12.2. The van der Waals surface area contributed by atoms with Crippen LogP contribution in [0, 0.1) is 11.8 Å². The first-order valence-corrected chi connectivity index (χ1v) is 15.9. The molecule has 6 N–H and O–H groups in total. The molecular weight excluding hydrogens is 580 g/mol. The highest BCUT2D eigenvalue weighted by Crippen LogP contribution is 2.51. The number of benzene rings is 2. The largest absolute Gasteiger partial charge is 0.399 e. The summed E-state index contributed by atoms with van der Waals surface area (Å²) in [7, 11) is 0. The first kappa shape index (κ1) is 34.9. The van der Waals surface area contributed by atoms with Crippen LogP contribution in [-0.4, -0.2) is 62.5 Å². The maximum atomic E-state index is 16.8. The van der Waals surface area contributed by atoms with E-state index in [1.165, 1.54) is 25.2 Å². The van der Waals surface area contributed by atoms with Gasteiger partial charge in [-0.3, -0.25) is 4.79 Å². The number of ether oxygens (including phenoxy) is 1. The van der Waals surface area contributed by atoms with Crippen molar-refractivity contribution in [3.05, 3.63) is 89.0 Å². The van der Waals surface area contributed by atoms with E-state index in [0.29, 0.717) is 30.5 Å². The van der Waals surface area contributed by atoms with Crippen LogP contribution in [0.1, 0.15) is 81.8 Å². The van der Waals surface area contributed by atoms with Crippen molar-refractivity contribution >= 4 is 11.5 Å². The first-order chi connectivity index (χ1) is 21.4. The van der Waals surface area contributed by atoms with E-state index in [1.807, 2.05) is 43.3 Å². The highest BCUT2D eigenvalue weighted by atomic mass is 19.1. The van der Waals surface area contributed by atoms with Gasteiger partial charge in [-0.15, -0.1) is 0 Å². The van der Waals surface area contributed by atoms with Crippen molar-refractivity contribution in [2.24, 2.45) is 11.8 Å². The minimum absolute atomic E-state index is 0.0221. The molecule has 0 aromatic heterocycles. The second-order valence-electron chi connectivity index (χ2n) is 12.8. The molecule has 0 bridgehead atoms. The predicted octanol–water partition coefficient (Wildman–Crippen LogP) is 5.45. The van der Waals surface area contributed by atoms with Crippen molar-refractivity contribution < 1.29 is 38.7 Å². The lowest BCUT2D eigenvalue weighted by Gasteiger charge is -2.50. The third kappa shape index (κ3) is 8.26. The van der Waals surface area contributed by atoms with Crippen molar-refractivity contribution in [3.8, 4) is 0 Å². The Bertz CT molecular complexity index is 1350. The van der Waals surface area contributed by atoms with Crippen molar-refractivity contribution in [2.45, 2.75) is 101 Å². The van der Waals surface area contributed by atoms with Crippen molar-refractivity contribution in [1.29, 1.82) is 0 Å². The molecule has 0 amide bonds. The van der Waals surface area contributed by atoms with Gasteiger partial charge in [-0.05, 0) is 92.4 Å². The lowest BCUT2D eigenvalue weighted by atomic mass is 9.61. The molecule has 45 heavy (non-hydrogen) atoms. The summed E-state index contributed by atoms with van der Waals surface area (Å²) in [6.45, 7) is 2.70. The third-order valence-electron chi connectivity index (χ3n) is 9.62. The first-order valence-electron chi connectivity index (χ1n) is 15.9. The quantitative estimate of drug-likeness (QED) is 0.165. The van der Waals surface area contributed by atoms with Gasteiger partial charge in [-0.1, -0.05) is 55.8 Å². The standard InChI is InChI=1S/C36H47F2NO6/c1-3-15-35(33(43)22-40,45-34(44)26-11-9-24(10-12-26)18-25-6-4-7-28(39)19-25)21-27-13-14-32(42)36(38)16-5-8-29(41)17-23(2)31(37)20-30(27)36/h4-12,17,19,27,30-34,40,42-44H,3,13-16,18,20-22,39H2,1-2H3/b8-5-,23-17+/t27-,30?,31-,32?,33?,34?,35?,36-/m0/s1. The maximum absolute atomic E-state index is 16.8. The van der Waals surface area contributed by atoms with Gasteiger partial charge in [0.1, 0.15) is 23.5 Å². The number of anilines is 1. The van der Waals surface area contributed by atoms with Crippen LogP contribution in [-0.2, 0) is 16.0 Å². The van der Waals surface area contributed by atoms with Crippen LogP contribution in [0.5, 0.6) is 0 Å². The Morgan fingerprint density at radius 2 is 1.87 bits per heavy atom. The number of nitrogen functional groups attached to an aromatic ring is 1. The van der Waals surface area contributed by atoms with Crippen LogP contribution in [0.25, 0.3) is 0 Å². The molecule has 2 aliphatic rings. The molecule has 2 aromatic carbocycles. The zero-order valence-corrected chi connectivity index (χ0v) is 26.1. The molecule has 1 saturated carbocycles. The highest BCUT2D eigenvalue weighted by Gasteiger charge is 2.54. The summed E-state index contributed by atoms with van der Waals surface area (Å²) >= 11 is 0. The number of carbonyl (C=O) groups excluding carboxylic acids is 1. The number of hydrogen-bond acceptors (Lipinski definition) is 7. The molecular formula is C36H47F2NO6. The summed E-state index contributed by atoms with van der Waals surface area (Å²) < 4.78 is 38.6. The van der Waals surface area contributed by atoms with Gasteiger partial charge < -0.3 is 30.9 Å². The Morgan fingerprint density at radius 3 is 2.53 bits per heavy atom. The topological polar surface area (TPSA) is 133 Å².